The molecule has 0 saturated heterocycles. The standard InChI is InChI=1S/C9H11BrN2O2/c1-14-9(13)7(4-11)6-2-3-12-5-8(6)10/h2-3,5,7H,4,11H2,1H3. The van der Waals surface area contributed by atoms with E-state index in [1.807, 2.05) is 0 Å². The van der Waals surface area contributed by atoms with Crippen LogP contribution in [0.1, 0.15) is 11.5 Å². The van der Waals surface area contributed by atoms with Crippen LogP contribution in [0.15, 0.2) is 22.9 Å². The maximum absolute atomic E-state index is 11.4. The van der Waals surface area contributed by atoms with Gasteiger partial charge in [0.1, 0.15) is 0 Å². The third-order valence-electron chi connectivity index (χ3n) is 1.90. The lowest BCUT2D eigenvalue weighted by Gasteiger charge is -2.13. The summed E-state index contributed by atoms with van der Waals surface area (Å²) in [5, 5.41) is 0. The first-order valence-corrected chi connectivity index (χ1v) is 4.87. The molecule has 1 aromatic heterocycles. The highest BCUT2D eigenvalue weighted by molar-refractivity contribution is 9.10. The molecule has 0 amide bonds. The van der Waals surface area contributed by atoms with Crippen molar-refractivity contribution in [2.24, 2.45) is 5.73 Å². The predicted octanol–water partition coefficient (Wildman–Crippen LogP) is 1.06. The zero-order chi connectivity index (χ0) is 10.6. The van der Waals surface area contributed by atoms with E-state index in [9.17, 15) is 4.79 Å². The Hall–Kier alpha value is -0.940. The second-order valence-electron chi connectivity index (χ2n) is 2.71. The normalized spacial score (nSPS) is 12.2. The van der Waals surface area contributed by atoms with Crippen molar-refractivity contribution in [2.75, 3.05) is 13.7 Å². The van der Waals surface area contributed by atoms with E-state index in [4.69, 9.17) is 5.73 Å². The maximum atomic E-state index is 11.4. The number of hydrogen-bond acceptors (Lipinski definition) is 4. The maximum Gasteiger partial charge on any atom is 0.314 e. The first kappa shape index (κ1) is 11.1. The number of hydrogen-bond donors (Lipinski definition) is 1. The fraction of sp³-hybridized carbons (Fsp3) is 0.333. The van der Waals surface area contributed by atoms with Crippen LogP contribution >= 0.6 is 15.9 Å². The molecule has 2 N–H and O–H groups in total. The summed E-state index contributed by atoms with van der Waals surface area (Å²) in [6, 6.07) is 1.75. The van der Waals surface area contributed by atoms with Gasteiger partial charge in [-0.25, -0.2) is 0 Å². The Morgan fingerprint density at radius 2 is 2.50 bits per heavy atom. The molecule has 0 bridgehead atoms. The summed E-state index contributed by atoms with van der Waals surface area (Å²) in [4.78, 5) is 15.3. The zero-order valence-corrected chi connectivity index (χ0v) is 9.32. The quantitative estimate of drug-likeness (QED) is 0.824. The van der Waals surface area contributed by atoms with Gasteiger partial charge < -0.3 is 10.5 Å². The fourth-order valence-corrected chi connectivity index (χ4v) is 1.69. The molecule has 5 heteroatoms. The molecule has 0 aliphatic heterocycles. The van der Waals surface area contributed by atoms with Gasteiger partial charge in [0.2, 0.25) is 0 Å². The predicted molar refractivity (Wildman–Crippen MR) is 55.7 cm³/mol. The lowest BCUT2D eigenvalue weighted by molar-refractivity contribution is -0.142. The molecule has 76 valence electrons. The first-order chi connectivity index (χ1) is 6.70. The van der Waals surface area contributed by atoms with E-state index in [0.717, 1.165) is 10.0 Å². The van der Waals surface area contributed by atoms with Crippen molar-refractivity contribution in [1.29, 1.82) is 0 Å². The molecule has 0 aliphatic carbocycles. The molecule has 1 rings (SSSR count). The molecule has 0 fully saturated rings. The molecule has 0 aromatic carbocycles. The summed E-state index contributed by atoms with van der Waals surface area (Å²) in [5.41, 5.74) is 6.31. The number of aromatic nitrogens is 1. The first-order valence-electron chi connectivity index (χ1n) is 4.08. The van der Waals surface area contributed by atoms with Crippen molar-refractivity contribution in [1.82, 2.24) is 4.98 Å². The molecule has 0 aliphatic rings. The van der Waals surface area contributed by atoms with Crippen LogP contribution in [0.25, 0.3) is 0 Å². The lowest BCUT2D eigenvalue weighted by Crippen LogP contribution is -2.23. The Labute approximate surface area is 90.6 Å². The second kappa shape index (κ2) is 5.07. The number of nitrogens with zero attached hydrogens (tertiary/aromatic N) is 1. The summed E-state index contributed by atoms with van der Waals surface area (Å²) in [5.74, 6) is -0.767. The smallest absolute Gasteiger partial charge is 0.314 e. The third-order valence-corrected chi connectivity index (χ3v) is 2.56. The van der Waals surface area contributed by atoms with Crippen LogP contribution in [0.3, 0.4) is 0 Å². The number of nitrogens with two attached hydrogens (primary N) is 1. The van der Waals surface area contributed by atoms with Crippen LogP contribution in [0.4, 0.5) is 0 Å². The minimum absolute atomic E-state index is 0.218. The van der Waals surface area contributed by atoms with Crippen molar-refractivity contribution in [3.05, 3.63) is 28.5 Å². The molecule has 1 aromatic rings. The van der Waals surface area contributed by atoms with Crippen molar-refractivity contribution in [2.45, 2.75) is 5.92 Å². The minimum Gasteiger partial charge on any atom is -0.469 e. The zero-order valence-electron chi connectivity index (χ0n) is 7.74. The largest absolute Gasteiger partial charge is 0.469 e. The van der Waals surface area contributed by atoms with E-state index in [-0.39, 0.29) is 12.5 Å². The molecule has 0 spiro atoms. The number of pyridine rings is 1. The van der Waals surface area contributed by atoms with Gasteiger partial charge in [0, 0.05) is 23.4 Å². The number of carbonyl (C=O) groups excluding carboxylic acids is 1. The van der Waals surface area contributed by atoms with E-state index >= 15 is 0 Å². The highest BCUT2D eigenvalue weighted by Crippen LogP contribution is 2.23. The monoisotopic (exact) mass is 258 g/mol. The van der Waals surface area contributed by atoms with E-state index in [1.165, 1.54) is 7.11 Å². The van der Waals surface area contributed by atoms with Crippen LogP contribution in [0, 0.1) is 0 Å². The lowest BCUT2D eigenvalue weighted by atomic mass is 10.0. The Kier molecular flexibility index (Phi) is 4.03. The topological polar surface area (TPSA) is 65.2 Å². The summed E-state index contributed by atoms with van der Waals surface area (Å²) in [6.07, 6.45) is 3.24. The molecule has 14 heavy (non-hydrogen) atoms. The van der Waals surface area contributed by atoms with Crippen molar-refractivity contribution >= 4 is 21.9 Å². The highest BCUT2D eigenvalue weighted by atomic mass is 79.9. The average Bonchev–Trinajstić information content (AvgIpc) is 2.21. The van der Waals surface area contributed by atoms with Crippen molar-refractivity contribution < 1.29 is 9.53 Å². The van der Waals surface area contributed by atoms with Gasteiger partial charge in [-0.1, -0.05) is 0 Å². The van der Waals surface area contributed by atoms with Gasteiger partial charge in [-0.3, -0.25) is 9.78 Å². The number of methoxy groups -OCH3 is 1. The van der Waals surface area contributed by atoms with Gasteiger partial charge in [-0.2, -0.15) is 0 Å². The highest BCUT2D eigenvalue weighted by Gasteiger charge is 2.21. The van der Waals surface area contributed by atoms with E-state index in [2.05, 4.69) is 25.7 Å². The van der Waals surface area contributed by atoms with Crippen LogP contribution in [-0.2, 0) is 9.53 Å². The number of ether oxygens (including phenoxy) is 1. The molecule has 1 heterocycles. The van der Waals surface area contributed by atoms with E-state index < -0.39 is 5.92 Å². The van der Waals surface area contributed by atoms with Gasteiger partial charge >= 0.3 is 5.97 Å². The van der Waals surface area contributed by atoms with Crippen molar-refractivity contribution in [3.8, 4) is 0 Å². The van der Waals surface area contributed by atoms with E-state index in [0.29, 0.717) is 0 Å². The Bertz CT molecular complexity index is 330. The van der Waals surface area contributed by atoms with Gasteiger partial charge in [0.25, 0.3) is 0 Å². The Balaban J connectivity index is 3.01. The minimum atomic E-state index is -0.433. The average molecular weight is 259 g/mol. The van der Waals surface area contributed by atoms with Crippen LogP contribution in [-0.4, -0.2) is 24.6 Å². The molecule has 1 atom stereocenters. The molecule has 4 nitrogen and oxygen atoms in total. The van der Waals surface area contributed by atoms with Crippen LogP contribution in [0.2, 0.25) is 0 Å². The Morgan fingerprint density at radius 1 is 1.79 bits per heavy atom. The number of carbonyl (C=O) groups is 1. The van der Waals surface area contributed by atoms with Gasteiger partial charge in [0.15, 0.2) is 0 Å². The molecule has 0 radical (unpaired) electrons. The van der Waals surface area contributed by atoms with Crippen LogP contribution < -0.4 is 5.73 Å². The molecule has 1 unspecified atom stereocenters. The number of halogens is 1. The summed E-state index contributed by atoms with van der Waals surface area (Å²) in [6.45, 7) is 0.218. The van der Waals surface area contributed by atoms with Gasteiger partial charge in [-0.15, -0.1) is 0 Å². The molecular weight excluding hydrogens is 248 g/mol. The summed E-state index contributed by atoms with van der Waals surface area (Å²) < 4.78 is 5.42. The van der Waals surface area contributed by atoms with E-state index in [1.54, 1.807) is 18.5 Å². The fourth-order valence-electron chi connectivity index (χ4n) is 1.16. The van der Waals surface area contributed by atoms with Gasteiger partial charge in [-0.05, 0) is 27.6 Å². The van der Waals surface area contributed by atoms with Crippen LogP contribution in [0.5, 0.6) is 0 Å². The van der Waals surface area contributed by atoms with Crippen molar-refractivity contribution in [3.63, 3.8) is 0 Å². The summed E-state index contributed by atoms with van der Waals surface area (Å²) >= 11 is 3.31. The summed E-state index contributed by atoms with van der Waals surface area (Å²) in [7, 11) is 1.35. The third kappa shape index (κ3) is 2.30. The molecule has 0 saturated carbocycles. The second-order valence-corrected chi connectivity index (χ2v) is 3.56. The number of rotatable bonds is 3. The number of esters is 1. The Morgan fingerprint density at radius 3 is 3.00 bits per heavy atom. The van der Waals surface area contributed by atoms with Gasteiger partial charge in [0.05, 0.1) is 13.0 Å². The molecular formula is C9H11BrN2O2. The SMILES string of the molecule is COC(=O)C(CN)c1ccncc1Br.